The van der Waals surface area contributed by atoms with Gasteiger partial charge in [-0.15, -0.1) is 24.0 Å². The standard InChI is InChI=1S/C22H42N6O.HI/c1-7-20-19(21(8-2)27(6)26-20)16-24-22(23-9-3)25-18-10-12-28(13-11-18)14-15-29-17(4)5;/h17-18H,7-16H2,1-6H3,(H2,23,24,25);1H. The Morgan fingerprint density at radius 1 is 1.20 bits per heavy atom. The summed E-state index contributed by atoms with van der Waals surface area (Å²) in [6.07, 6.45) is 4.52. The second-order valence-electron chi connectivity index (χ2n) is 8.08. The van der Waals surface area contributed by atoms with Crippen molar-refractivity contribution in [1.82, 2.24) is 25.3 Å². The molecule has 0 saturated carbocycles. The van der Waals surface area contributed by atoms with Crippen molar-refractivity contribution in [2.24, 2.45) is 12.0 Å². The average Bonchev–Trinajstić information content (AvgIpc) is 3.01. The lowest BCUT2D eigenvalue weighted by atomic mass is 10.1. The summed E-state index contributed by atoms with van der Waals surface area (Å²) in [6, 6.07) is 0.472. The number of piperidine rings is 1. The molecule has 0 amide bonds. The van der Waals surface area contributed by atoms with Crippen molar-refractivity contribution < 1.29 is 4.74 Å². The molecule has 30 heavy (non-hydrogen) atoms. The van der Waals surface area contributed by atoms with Crippen molar-refractivity contribution in [1.29, 1.82) is 0 Å². The number of aryl methyl sites for hydroxylation is 2. The van der Waals surface area contributed by atoms with Crippen molar-refractivity contribution in [2.45, 2.75) is 79.0 Å². The van der Waals surface area contributed by atoms with Crippen LogP contribution in [0.4, 0.5) is 0 Å². The van der Waals surface area contributed by atoms with Crippen LogP contribution in [0.25, 0.3) is 0 Å². The predicted molar refractivity (Wildman–Crippen MR) is 136 cm³/mol. The molecule has 1 aromatic heterocycles. The van der Waals surface area contributed by atoms with Crippen LogP contribution in [0.5, 0.6) is 0 Å². The fraction of sp³-hybridized carbons (Fsp3) is 0.818. The van der Waals surface area contributed by atoms with Crippen molar-refractivity contribution in [2.75, 3.05) is 32.8 Å². The number of halogens is 1. The normalized spacial score (nSPS) is 16.0. The topological polar surface area (TPSA) is 66.7 Å². The monoisotopic (exact) mass is 534 g/mol. The van der Waals surface area contributed by atoms with Crippen LogP contribution in [0.15, 0.2) is 4.99 Å². The van der Waals surface area contributed by atoms with Gasteiger partial charge in [-0.05, 0) is 46.5 Å². The van der Waals surface area contributed by atoms with E-state index in [1.807, 2.05) is 11.7 Å². The lowest BCUT2D eigenvalue weighted by Gasteiger charge is -2.33. The van der Waals surface area contributed by atoms with Gasteiger partial charge in [0.15, 0.2) is 5.96 Å². The van der Waals surface area contributed by atoms with Crippen LogP contribution in [-0.4, -0.2) is 65.6 Å². The minimum Gasteiger partial charge on any atom is -0.377 e. The molecular formula is C22H43IN6O. The number of rotatable bonds is 10. The van der Waals surface area contributed by atoms with E-state index in [-0.39, 0.29) is 24.0 Å². The van der Waals surface area contributed by atoms with E-state index in [0.717, 1.165) is 64.4 Å². The molecule has 0 bridgehead atoms. The molecule has 1 aliphatic rings. The van der Waals surface area contributed by atoms with Gasteiger partial charge in [0.05, 0.1) is 24.9 Å². The van der Waals surface area contributed by atoms with Gasteiger partial charge < -0.3 is 20.3 Å². The Kier molecular flexibility index (Phi) is 12.9. The Morgan fingerprint density at radius 2 is 1.90 bits per heavy atom. The molecule has 2 N–H and O–H groups in total. The Balaban J connectivity index is 0.00000450. The van der Waals surface area contributed by atoms with Crippen molar-refractivity contribution in [3.63, 3.8) is 0 Å². The minimum atomic E-state index is 0. The number of ether oxygens (including phenoxy) is 1. The Labute approximate surface area is 200 Å². The second-order valence-corrected chi connectivity index (χ2v) is 8.08. The summed E-state index contributed by atoms with van der Waals surface area (Å²) in [7, 11) is 2.04. The zero-order chi connectivity index (χ0) is 21.2. The van der Waals surface area contributed by atoms with Crippen molar-refractivity contribution >= 4 is 29.9 Å². The van der Waals surface area contributed by atoms with E-state index in [9.17, 15) is 0 Å². The third kappa shape index (κ3) is 8.34. The van der Waals surface area contributed by atoms with E-state index in [4.69, 9.17) is 9.73 Å². The summed E-state index contributed by atoms with van der Waals surface area (Å²) in [4.78, 5) is 7.41. The molecule has 0 aromatic carbocycles. The van der Waals surface area contributed by atoms with Gasteiger partial charge >= 0.3 is 0 Å². The first-order valence-corrected chi connectivity index (χ1v) is 11.4. The number of aliphatic imine (C=N–C) groups is 1. The Morgan fingerprint density at radius 3 is 2.47 bits per heavy atom. The fourth-order valence-electron chi connectivity index (χ4n) is 3.96. The number of nitrogens with one attached hydrogen (secondary N) is 2. The van der Waals surface area contributed by atoms with Crippen LogP contribution >= 0.6 is 24.0 Å². The maximum atomic E-state index is 5.69. The molecule has 0 spiro atoms. The predicted octanol–water partition coefficient (Wildman–Crippen LogP) is 3.11. The van der Waals surface area contributed by atoms with Crippen LogP contribution in [0.1, 0.15) is 64.4 Å². The third-order valence-corrected chi connectivity index (χ3v) is 5.55. The van der Waals surface area contributed by atoms with E-state index in [1.165, 1.54) is 17.0 Å². The molecule has 2 rings (SSSR count). The molecule has 0 radical (unpaired) electrons. The quantitative estimate of drug-likeness (QED) is 0.275. The Bertz CT molecular complexity index is 638. The van der Waals surface area contributed by atoms with Gasteiger partial charge in [-0.1, -0.05) is 13.8 Å². The lowest BCUT2D eigenvalue weighted by molar-refractivity contribution is 0.0532. The number of likely N-dealkylation sites (tertiary alicyclic amines) is 1. The minimum absolute atomic E-state index is 0. The van der Waals surface area contributed by atoms with Crippen molar-refractivity contribution in [3.8, 4) is 0 Å². The SMILES string of the molecule is CCNC(=NCc1c(CC)nn(C)c1CC)NC1CCN(CCOC(C)C)CC1.I. The van der Waals surface area contributed by atoms with Crippen LogP contribution in [0.3, 0.4) is 0 Å². The summed E-state index contributed by atoms with van der Waals surface area (Å²) < 4.78 is 7.70. The highest BCUT2D eigenvalue weighted by atomic mass is 127. The van der Waals surface area contributed by atoms with Gasteiger partial charge in [0.1, 0.15) is 0 Å². The van der Waals surface area contributed by atoms with E-state index in [1.54, 1.807) is 0 Å². The van der Waals surface area contributed by atoms with Gasteiger partial charge in [0, 0.05) is 50.5 Å². The van der Waals surface area contributed by atoms with Gasteiger partial charge in [0.2, 0.25) is 0 Å². The summed E-state index contributed by atoms with van der Waals surface area (Å²) >= 11 is 0. The van der Waals surface area contributed by atoms with Gasteiger partial charge in [0.25, 0.3) is 0 Å². The number of nitrogens with zero attached hydrogens (tertiary/aromatic N) is 4. The number of guanidine groups is 1. The molecule has 2 heterocycles. The van der Waals surface area contributed by atoms with Crippen LogP contribution in [0.2, 0.25) is 0 Å². The number of hydrogen-bond donors (Lipinski definition) is 2. The zero-order valence-electron chi connectivity index (χ0n) is 19.8. The highest BCUT2D eigenvalue weighted by Gasteiger charge is 2.20. The molecule has 0 atom stereocenters. The molecule has 1 aliphatic heterocycles. The molecule has 0 unspecified atom stereocenters. The highest BCUT2D eigenvalue weighted by molar-refractivity contribution is 14.0. The third-order valence-electron chi connectivity index (χ3n) is 5.55. The van der Waals surface area contributed by atoms with E-state index in [0.29, 0.717) is 18.7 Å². The Hall–Kier alpha value is -0.870. The number of hydrogen-bond acceptors (Lipinski definition) is 4. The van der Waals surface area contributed by atoms with E-state index < -0.39 is 0 Å². The second kappa shape index (κ2) is 14.2. The average molecular weight is 535 g/mol. The summed E-state index contributed by atoms with van der Waals surface area (Å²) in [5.74, 6) is 0.919. The van der Waals surface area contributed by atoms with Crippen LogP contribution in [0, 0.1) is 0 Å². The number of aromatic nitrogens is 2. The van der Waals surface area contributed by atoms with Gasteiger partial charge in [-0.25, -0.2) is 4.99 Å². The first kappa shape index (κ1) is 27.2. The molecule has 1 aromatic rings. The zero-order valence-corrected chi connectivity index (χ0v) is 22.2. The molecule has 1 fully saturated rings. The summed E-state index contributed by atoms with van der Waals surface area (Å²) in [5.41, 5.74) is 3.74. The highest BCUT2D eigenvalue weighted by Crippen LogP contribution is 2.17. The van der Waals surface area contributed by atoms with Crippen LogP contribution in [-0.2, 0) is 31.2 Å². The maximum absolute atomic E-state index is 5.69. The molecule has 1 saturated heterocycles. The molecule has 0 aliphatic carbocycles. The molecule has 174 valence electrons. The summed E-state index contributed by atoms with van der Waals surface area (Å²) in [6.45, 7) is 16.3. The molecule has 8 heteroatoms. The van der Waals surface area contributed by atoms with Gasteiger partial charge in [-0.2, -0.15) is 5.10 Å². The van der Waals surface area contributed by atoms with Gasteiger partial charge in [-0.3, -0.25) is 4.68 Å². The summed E-state index contributed by atoms with van der Waals surface area (Å²) in [5, 5.41) is 11.7. The van der Waals surface area contributed by atoms with E-state index in [2.05, 4.69) is 55.3 Å². The molecular weight excluding hydrogens is 491 g/mol. The first-order chi connectivity index (χ1) is 14.0. The largest absolute Gasteiger partial charge is 0.377 e. The lowest BCUT2D eigenvalue weighted by Crippen LogP contribution is -2.49. The first-order valence-electron chi connectivity index (χ1n) is 11.4. The van der Waals surface area contributed by atoms with E-state index >= 15 is 0 Å². The smallest absolute Gasteiger partial charge is 0.191 e. The fourth-order valence-corrected chi connectivity index (χ4v) is 3.96. The molecule has 7 nitrogen and oxygen atoms in total. The van der Waals surface area contributed by atoms with Crippen molar-refractivity contribution in [3.05, 3.63) is 17.0 Å². The maximum Gasteiger partial charge on any atom is 0.191 e. The van der Waals surface area contributed by atoms with Crippen LogP contribution < -0.4 is 10.6 Å².